The summed E-state index contributed by atoms with van der Waals surface area (Å²) < 4.78 is 12.4. The molecule has 1 atom stereocenters. The number of ketones is 1. The fraction of sp³-hybridized carbons (Fsp3) is 0.108. The topological polar surface area (TPSA) is 68.2 Å². The largest absolute Gasteiger partial charge is 0.489 e. The Labute approximate surface area is 250 Å². The number of ether oxygens (including phenoxy) is 2. The van der Waals surface area contributed by atoms with Gasteiger partial charge in [-0.1, -0.05) is 109 Å². The molecule has 0 spiro atoms. The van der Waals surface area contributed by atoms with Crippen LogP contribution in [-0.4, -0.2) is 17.4 Å². The van der Waals surface area contributed by atoms with Crippen LogP contribution in [0, 0.1) is 5.92 Å². The predicted octanol–water partition coefficient (Wildman–Crippen LogP) is 7.02. The number of carbonyl (C=O) groups is 2. The van der Waals surface area contributed by atoms with E-state index < -0.39 is 5.92 Å². The summed E-state index contributed by atoms with van der Waals surface area (Å²) in [6.45, 7) is 0.695. The Morgan fingerprint density at radius 3 is 1.60 bits per heavy atom. The molecule has 1 unspecified atom stereocenters. The van der Waals surface area contributed by atoms with E-state index in [9.17, 15) is 9.59 Å². The highest BCUT2D eigenvalue weighted by molar-refractivity contribution is 6.32. The summed E-state index contributed by atoms with van der Waals surface area (Å²) in [5.74, 6) is -0.592. The van der Waals surface area contributed by atoms with Crippen LogP contribution in [0.15, 0.2) is 145 Å². The summed E-state index contributed by atoms with van der Waals surface area (Å²) in [6.07, 6.45) is 0.112. The van der Waals surface area contributed by atoms with Gasteiger partial charge >= 0.3 is 0 Å². The van der Waals surface area contributed by atoms with Gasteiger partial charge in [0.05, 0.1) is 11.4 Å². The van der Waals surface area contributed by atoms with E-state index in [0.717, 1.165) is 16.7 Å². The van der Waals surface area contributed by atoms with Crippen molar-refractivity contribution in [3.63, 3.8) is 0 Å². The van der Waals surface area contributed by atoms with Gasteiger partial charge in [-0.3, -0.25) is 9.59 Å². The van der Waals surface area contributed by atoms with Crippen molar-refractivity contribution in [2.75, 3.05) is 5.01 Å². The lowest BCUT2D eigenvalue weighted by Gasteiger charge is -2.15. The number of rotatable bonds is 11. The molecule has 0 radical (unpaired) electrons. The number of anilines is 1. The molecule has 5 aromatic rings. The Balaban J connectivity index is 1.37. The van der Waals surface area contributed by atoms with Crippen molar-refractivity contribution >= 4 is 23.1 Å². The van der Waals surface area contributed by atoms with Crippen molar-refractivity contribution in [2.24, 2.45) is 11.0 Å². The maximum Gasteiger partial charge on any atom is 0.264 e. The third kappa shape index (κ3) is 6.71. The van der Waals surface area contributed by atoms with E-state index in [1.54, 1.807) is 12.1 Å². The van der Waals surface area contributed by atoms with Gasteiger partial charge in [0.25, 0.3) is 5.91 Å². The van der Waals surface area contributed by atoms with Crippen LogP contribution < -0.4 is 14.5 Å². The van der Waals surface area contributed by atoms with Crippen LogP contribution in [0.3, 0.4) is 0 Å². The minimum absolute atomic E-state index is 0.112. The van der Waals surface area contributed by atoms with Crippen LogP contribution in [0.5, 0.6) is 11.5 Å². The smallest absolute Gasteiger partial charge is 0.264 e. The van der Waals surface area contributed by atoms with Crippen LogP contribution in [0.25, 0.3) is 0 Å². The molecule has 1 heterocycles. The highest BCUT2D eigenvalue weighted by Gasteiger charge is 2.42. The normalized spacial score (nSPS) is 14.3. The molecule has 0 aromatic heterocycles. The van der Waals surface area contributed by atoms with Crippen LogP contribution in [0.1, 0.15) is 22.3 Å². The summed E-state index contributed by atoms with van der Waals surface area (Å²) in [7, 11) is 0. The molecule has 6 nitrogen and oxygen atoms in total. The van der Waals surface area contributed by atoms with Crippen molar-refractivity contribution in [1.29, 1.82) is 0 Å². The molecular formula is C37H30N2O4. The van der Waals surface area contributed by atoms with Crippen molar-refractivity contribution in [3.8, 4) is 11.5 Å². The number of para-hydroxylation sites is 1. The van der Waals surface area contributed by atoms with Crippen molar-refractivity contribution in [3.05, 3.63) is 162 Å². The molecule has 0 bridgehead atoms. The monoisotopic (exact) mass is 566 g/mol. The van der Waals surface area contributed by atoms with Crippen LogP contribution in [0.2, 0.25) is 0 Å². The van der Waals surface area contributed by atoms with Crippen molar-refractivity contribution < 1.29 is 19.1 Å². The fourth-order valence-corrected chi connectivity index (χ4v) is 4.99. The van der Waals surface area contributed by atoms with Crippen molar-refractivity contribution in [1.82, 2.24) is 0 Å². The zero-order valence-electron chi connectivity index (χ0n) is 23.5. The van der Waals surface area contributed by atoms with Gasteiger partial charge in [0.1, 0.15) is 30.6 Å². The van der Waals surface area contributed by atoms with E-state index in [1.165, 1.54) is 5.01 Å². The Hall–Kier alpha value is -5.49. The van der Waals surface area contributed by atoms with Gasteiger partial charge in [-0.15, -0.1) is 0 Å². The Kier molecular flexibility index (Phi) is 8.36. The first kappa shape index (κ1) is 27.7. The second-order valence-electron chi connectivity index (χ2n) is 10.3. The maximum atomic E-state index is 13.8. The number of hydrogen-bond donors (Lipinski definition) is 0. The van der Waals surface area contributed by atoms with Gasteiger partial charge in [-0.2, -0.15) is 10.1 Å². The van der Waals surface area contributed by atoms with Gasteiger partial charge in [-0.05, 0) is 41.0 Å². The van der Waals surface area contributed by atoms with Crippen LogP contribution in [-0.2, 0) is 29.2 Å². The van der Waals surface area contributed by atoms with E-state index in [-0.39, 0.29) is 18.1 Å². The summed E-state index contributed by atoms with van der Waals surface area (Å²) in [4.78, 5) is 27.6. The minimum atomic E-state index is -1.08. The Morgan fingerprint density at radius 1 is 0.628 bits per heavy atom. The van der Waals surface area contributed by atoms with Crippen molar-refractivity contribution in [2.45, 2.75) is 19.6 Å². The second kappa shape index (κ2) is 13.0. The molecule has 1 aliphatic heterocycles. The first-order valence-corrected chi connectivity index (χ1v) is 14.2. The number of hydrogen-bond acceptors (Lipinski definition) is 5. The number of Topliss-reactive ketones (excluding diaryl/α,β-unsaturated/α-hetero) is 1. The first-order chi connectivity index (χ1) is 21.1. The molecule has 1 aliphatic rings. The average Bonchev–Trinajstić information content (AvgIpc) is 3.41. The van der Waals surface area contributed by atoms with E-state index in [1.807, 2.05) is 127 Å². The number of amides is 1. The zero-order chi connectivity index (χ0) is 29.4. The number of hydrazone groups is 1. The fourth-order valence-electron chi connectivity index (χ4n) is 4.99. The number of carbonyl (C=O) groups excluding carboxylic acids is 2. The summed E-state index contributed by atoms with van der Waals surface area (Å²) in [5, 5.41) is 6.07. The molecule has 6 heteroatoms. The molecule has 0 N–H and O–H groups in total. The summed E-state index contributed by atoms with van der Waals surface area (Å²) >= 11 is 0. The third-order valence-electron chi connectivity index (χ3n) is 7.15. The third-order valence-corrected chi connectivity index (χ3v) is 7.15. The van der Waals surface area contributed by atoms with E-state index in [4.69, 9.17) is 14.6 Å². The lowest BCUT2D eigenvalue weighted by Crippen LogP contribution is -2.34. The maximum absolute atomic E-state index is 13.8. The molecule has 0 saturated heterocycles. The predicted molar refractivity (Wildman–Crippen MR) is 167 cm³/mol. The first-order valence-electron chi connectivity index (χ1n) is 14.2. The molecular weight excluding hydrogens is 536 g/mol. The summed E-state index contributed by atoms with van der Waals surface area (Å²) in [6, 6.07) is 43.8. The van der Waals surface area contributed by atoms with Gasteiger partial charge in [0.15, 0.2) is 5.78 Å². The molecule has 0 fully saturated rings. The SMILES string of the molecule is O=C(Cc1ccccc1)C1C(=O)N(c2ccccc2)N=C1c1cc(OCc2ccccc2)cc(OCc2ccccc2)c1. The lowest BCUT2D eigenvalue weighted by atomic mass is 9.89. The second-order valence-corrected chi connectivity index (χ2v) is 10.3. The minimum Gasteiger partial charge on any atom is -0.489 e. The van der Waals surface area contributed by atoms with E-state index in [0.29, 0.717) is 41.7 Å². The molecule has 43 heavy (non-hydrogen) atoms. The molecule has 6 rings (SSSR count). The lowest BCUT2D eigenvalue weighted by molar-refractivity contribution is -0.128. The number of benzene rings is 5. The number of nitrogens with zero attached hydrogens (tertiary/aromatic N) is 2. The van der Waals surface area contributed by atoms with Gasteiger partial charge in [0.2, 0.25) is 0 Å². The molecule has 1 amide bonds. The Bertz CT molecular complexity index is 1660. The average molecular weight is 567 g/mol. The van der Waals surface area contributed by atoms with E-state index >= 15 is 0 Å². The van der Waals surface area contributed by atoms with Gasteiger partial charge < -0.3 is 9.47 Å². The van der Waals surface area contributed by atoms with E-state index in [2.05, 4.69) is 0 Å². The molecule has 5 aromatic carbocycles. The van der Waals surface area contributed by atoms with Crippen LogP contribution >= 0.6 is 0 Å². The highest BCUT2D eigenvalue weighted by atomic mass is 16.5. The highest BCUT2D eigenvalue weighted by Crippen LogP contribution is 2.32. The quantitative estimate of drug-likeness (QED) is 0.161. The summed E-state index contributed by atoms with van der Waals surface area (Å²) in [5.41, 5.74) is 4.41. The van der Waals surface area contributed by atoms with Crippen LogP contribution in [0.4, 0.5) is 5.69 Å². The van der Waals surface area contributed by atoms with Gasteiger partial charge in [-0.25, -0.2) is 0 Å². The molecule has 0 aliphatic carbocycles. The van der Waals surface area contributed by atoms with Gasteiger partial charge in [0, 0.05) is 18.1 Å². The molecule has 212 valence electrons. The standard InChI is InChI=1S/C37H30N2O4/c40-34(21-27-13-5-1-6-14-27)35-36(38-39(37(35)41)31-19-11-4-12-20-31)30-22-32(42-25-28-15-7-2-8-16-28)24-33(23-30)43-26-29-17-9-3-10-18-29/h1-20,22-24,35H,21,25-26H2. The zero-order valence-corrected chi connectivity index (χ0v) is 23.5. The Morgan fingerprint density at radius 2 is 1.09 bits per heavy atom. The molecule has 0 saturated carbocycles.